The molecule has 18 heavy (non-hydrogen) atoms. The molecular weight excluding hydrogens is 234 g/mol. The molecular formula is C12H23N3O3. The van der Waals surface area contributed by atoms with Crippen molar-refractivity contribution in [2.75, 3.05) is 13.2 Å². The molecule has 0 spiro atoms. The number of ether oxygens (including phenoxy) is 1. The molecule has 1 fully saturated rings. The van der Waals surface area contributed by atoms with E-state index in [2.05, 4.69) is 10.5 Å². The summed E-state index contributed by atoms with van der Waals surface area (Å²) in [4.78, 5) is 12.2. The molecule has 0 radical (unpaired) electrons. The van der Waals surface area contributed by atoms with Crippen LogP contribution in [0.3, 0.4) is 0 Å². The number of oxime groups is 1. The molecule has 0 aliphatic heterocycles. The van der Waals surface area contributed by atoms with Crippen molar-refractivity contribution in [3.05, 3.63) is 0 Å². The molecule has 1 saturated carbocycles. The summed E-state index contributed by atoms with van der Waals surface area (Å²) in [6, 6.07) is 0. The number of hydrogen-bond acceptors (Lipinski definition) is 4. The molecule has 0 bridgehead atoms. The van der Waals surface area contributed by atoms with Crippen molar-refractivity contribution in [1.29, 1.82) is 0 Å². The van der Waals surface area contributed by atoms with Gasteiger partial charge in [0.15, 0.2) is 5.84 Å². The quantitative estimate of drug-likeness (QED) is 0.282. The van der Waals surface area contributed by atoms with E-state index in [9.17, 15) is 4.79 Å². The monoisotopic (exact) mass is 257 g/mol. The predicted molar refractivity (Wildman–Crippen MR) is 68.3 cm³/mol. The first-order valence-electron chi connectivity index (χ1n) is 6.34. The van der Waals surface area contributed by atoms with Crippen molar-refractivity contribution in [2.45, 2.75) is 39.7 Å². The largest absolute Gasteiger partial charge is 0.409 e. The lowest BCUT2D eigenvalue weighted by Gasteiger charge is -2.43. The maximum atomic E-state index is 12.2. The first kappa shape index (κ1) is 14.8. The van der Waals surface area contributed by atoms with Crippen molar-refractivity contribution < 1.29 is 14.7 Å². The third kappa shape index (κ3) is 2.93. The zero-order valence-corrected chi connectivity index (χ0v) is 11.3. The Morgan fingerprint density at radius 3 is 2.72 bits per heavy atom. The van der Waals surface area contributed by atoms with Crippen molar-refractivity contribution >= 4 is 11.7 Å². The minimum absolute atomic E-state index is 0.00200. The lowest BCUT2D eigenvalue weighted by molar-refractivity contribution is -0.133. The van der Waals surface area contributed by atoms with Gasteiger partial charge in [-0.25, -0.2) is 0 Å². The molecule has 1 aliphatic carbocycles. The summed E-state index contributed by atoms with van der Waals surface area (Å²) in [5.41, 5.74) is 4.82. The molecule has 0 saturated heterocycles. The highest BCUT2D eigenvalue weighted by molar-refractivity contribution is 6.07. The second-order valence-corrected chi connectivity index (χ2v) is 5.06. The lowest BCUT2D eigenvalue weighted by atomic mass is 9.61. The molecule has 0 aromatic rings. The van der Waals surface area contributed by atoms with E-state index in [-0.39, 0.29) is 17.8 Å². The van der Waals surface area contributed by atoms with Gasteiger partial charge in [-0.15, -0.1) is 0 Å². The first-order chi connectivity index (χ1) is 8.46. The van der Waals surface area contributed by atoms with Crippen molar-refractivity contribution in [3.8, 4) is 0 Å². The molecule has 0 aromatic carbocycles. The van der Waals surface area contributed by atoms with Gasteiger partial charge in [0.2, 0.25) is 5.91 Å². The van der Waals surface area contributed by atoms with E-state index in [0.29, 0.717) is 31.9 Å². The molecule has 6 heteroatoms. The van der Waals surface area contributed by atoms with Crippen LogP contribution in [-0.4, -0.2) is 36.2 Å². The fourth-order valence-electron chi connectivity index (χ4n) is 2.49. The predicted octanol–water partition coefficient (Wildman–Crippen LogP) is 0.690. The van der Waals surface area contributed by atoms with Crippen LogP contribution in [0.1, 0.15) is 33.6 Å². The van der Waals surface area contributed by atoms with Crippen LogP contribution in [0.5, 0.6) is 0 Å². The standard InChI is InChI=1S/C12H23N3O3/c1-4-18-9(3)7-14-11(16)12(10(13)15-17)5-8(2)6-12/h8-9,17H,4-7H2,1-3H3,(H2,13,15)(H,14,16). The SMILES string of the molecule is CCOC(C)CNC(=O)C1(C(N)=NO)CC(C)C1. The van der Waals surface area contributed by atoms with Gasteiger partial charge in [-0.1, -0.05) is 12.1 Å². The molecule has 104 valence electrons. The molecule has 1 rings (SSSR count). The Morgan fingerprint density at radius 2 is 2.28 bits per heavy atom. The zero-order chi connectivity index (χ0) is 13.8. The minimum Gasteiger partial charge on any atom is -0.409 e. The molecule has 4 N–H and O–H groups in total. The number of amides is 1. The molecule has 1 amide bonds. The smallest absolute Gasteiger partial charge is 0.234 e. The summed E-state index contributed by atoms with van der Waals surface area (Å²) in [5, 5.41) is 14.6. The van der Waals surface area contributed by atoms with E-state index in [0.717, 1.165) is 0 Å². The van der Waals surface area contributed by atoms with Gasteiger partial charge in [-0.05, 0) is 32.6 Å². The topological polar surface area (TPSA) is 96.9 Å². The second-order valence-electron chi connectivity index (χ2n) is 5.06. The summed E-state index contributed by atoms with van der Waals surface area (Å²) >= 11 is 0. The van der Waals surface area contributed by atoms with Gasteiger partial charge in [0.1, 0.15) is 5.41 Å². The van der Waals surface area contributed by atoms with Crippen LogP contribution in [0.25, 0.3) is 0 Å². The Labute approximate surface area is 108 Å². The summed E-state index contributed by atoms with van der Waals surface area (Å²) in [6.07, 6.45) is 1.20. The number of nitrogens with one attached hydrogen (secondary N) is 1. The normalized spacial score (nSPS) is 29.5. The van der Waals surface area contributed by atoms with Crippen LogP contribution in [0.4, 0.5) is 0 Å². The number of carbonyl (C=O) groups excluding carboxylic acids is 1. The van der Waals surface area contributed by atoms with Crippen molar-refractivity contribution in [1.82, 2.24) is 5.32 Å². The van der Waals surface area contributed by atoms with Crippen LogP contribution in [0.15, 0.2) is 5.16 Å². The Hall–Kier alpha value is -1.30. The second kappa shape index (κ2) is 6.04. The summed E-state index contributed by atoms with van der Waals surface area (Å²) in [5.74, 6) is 0.241. The van der Waals surface area contributed by atoms with E-state index in [1.165, 1.54) is 0 Å². The zero-order valence-electron chi connectivity index (χ0n) is 11.3. The van der Waals surface area contributed by atoms with Crippen molar-refractivity contribution in [3.63, 3.8) is 0 Å². The number of amidine groups is 1. The number of rotatable bonds is 6. The molecule has 6 nitrogen and oxygen atoms in total. The molecule has 1 aliphatic rings. The van der Waals surface area contributed by atoms with E-state index in [1.54, 1.807) is 0 Å². The highest BCUT2D eigenvalue weighted by Gasteiger charge is 2.52. The van der Waals surface area contributed by atoms with Gasteiger partial charge in [-0.3, -0.25) is 4.79 Å². The van der Waals surface area contributed by atoms with Crippen LogP contribution in [0, 0.1) is 11.3 Å². The molecule has 0 aromatic heterocycles. The third-order valence-corrected chi connectivity index (χ3v) is 3.43. The van der Waals surface area contributed by atoms with E-state index in [1.807, 2.05) is 20.8 Å². The van der Waals surface area contributed by atoms with Gasteiger partial charge in [-0.2, -0.15) is 0 Å². The van der Waals surface area contributed by atoms with Gasteiger partial charge in [0.05, 0.1) is 6.10 Å². The summed E-state index contributed by atoms with van der Waals surface area (Å²) < 4.78 is 5.34. The number of hydrogen-bond donors (Lipinski definition) is 3. The van der Waals surface area contributed by atoms with Crippen LogP contribution >= 0.6 is 0 Å². The lowest BCUT2D eigenvalue weighted by Crippen LogP contribution is -2.57. The van der Waals surface area contributed by atoms with Crippen LogP contribution in [-0.2, 0) is 9.53 Å². The number of carbonyl (C=O) groups is 1. The number of nitrogens with two attached hydrogens (primary N) is 1. The first-order valence-corrected chi connectivity index (χ1v) is 6.34. The summed E-state index contributed by atoms with van der Waals surface area (Å²) in [6.45, 7) is 6.88. The highest BCUT2D eigenvalue weighted by Crippen LogP contribution is 2.45. The Balaban J connectivity index is 2.57. The van der Waals surface area contributed by atoms with Gasteiger partial charge >= 0.3 is 0 Å². The van der Waals surface area contributed by atoms with E-state index >= 15 is 0 Å². The maximum Gasteiger partial charge on any atom is 0.234 e. The Morgan fingerprint density at radius 1 is 1.67 bits per heavy atom. The van der Waals surface area contributed by atoms with Gasteiger partial charge in [0.25, 0.3) is 0 Å². The third-order valence-electron chi connectivity index (χ3n) is 3.43. The van der Waals surface area contributed by atoms with Crippen LogP contribution in [0.2, 0.25) is 0 Å². The molecule has 1 atom stereocenters. The highest BCUT2D eigenvalue weighted by atomic mass is 16.5. The fourth-order valence-corrected chi connectivity index (χ4v) is 2.49. The average molecular weight is 257 g/mol. The number of nitrogens with zero attached hydrogens (tertiary/aromatic N) is 1. The van der Waals surface area contributed by atoms with Crippen LogP contribution < -0.4 is 11.1 Å². The molecule has 1 unspecified atom stereocenters. The fraction of sp³-hybridized carbons (Fsp3) is 0.833. The van der Waals surface area contributed by atoms with Gasteiger partial charge in [0, 0.05) is 13.2 Å². The van der Waals surface area contributed by atoms with Gasteiger partial charge < -0.3 is 21.0 Å². The minimum atomic E-state index is -0.833. The Bertz CT molecular complexity index is 325. The average Bonchev–Trinajstić information content (AvgIpc) is 2.31. The van der Waals surface area contributed by atoms with E-state index in [4.69, 9.17) is 15.7 Å². The van der Waals surface area contributed by atoms with E-state index < -0.39 is 5.41 Å². The van der Waals surface area contributed by atoms with Crippen molar-refractivity contribution in [2.24, 2.45) is 22.2 Å². The maximum absolute atomic E-state index is 12.2. The molecule has 0 heterocycles. The summed E-state index contributed by atoms with van der Waals surface area (Å²) in [7, 11) is 0. The Kier molecular flexibility index (Phi) is 4.95.